The van der Waals surface area contributed by atoms with Crippen molar-refractivity contribution in [2.24, 2.45) is 11.8 Å². The van der Waals surface area contributed by atoms with Crippen molar-refractivity contribution in [3.05, 3.63) is 29.3 Å². The predicted molar refractivity (Wildman–Crippen MR) is 104 cm³/mol. The van der Waals surface area contributed by atoms with E-state index in [0.717, 1.165) is 31.1 Å². The highest BCUT2D eigenvalue weighted by Gasteiger charge is 2.68. The Morgan fingerprint density at radius 2 is 2.04 bits per heavy atom. The van der Waals surface area contributed by atoms with Crippen molar-refractivity contribution in [3.8, 4) is 5.75 Å². The van der Waals surface area contributed by atoms with E-state index in [1.807, 2.05) is 7.11 Å². The highest BCUT2D eigenvalue weighted by atomic mass is 16.5. The maximum atomic E-state index is 12.8. The van der Waals surface area contributed by atoms with Crippen LogP contribution >= 0.6 is 0 Å². The van der Waals surface area contributed by atoms with E-state index in [4.69, 9.17) is 9.47 Å². The van der Waals surface area contributed by atoms with E-state index < -0.39 is 0 Å². The Hall–Kier alpha value is -1.39. The third-order valence-electron chi connectivity index (χ3n) is 8.05. The van der Waals surface area contributed by atoms with Crippen LogP contribution in [0.3, 0.4) is 0 Å². The van der Waals surface area contributed by atoms with Gasteiger partial charge in [-0.25, -0.2) is 0 Å². The molecule has 3 aliphatic carbocycles. The lowest BCUT2D eigenvalue weighted by Crippen LogP contribution is -2.76. The van der Waals surface area contributed by atoms with Crippen LogP contribution in [0.15, 0.2) is 18.2 Å². The molecular formula is C23H31NO3. The molecular weight excluding hydrogens is 338 g/mol. The van der Waals surface area contributed by atoms with Crippen LogP contribution in [0.2, 0.25) is 0 Å². The molecule has 0 radical (unpaired) electrons. The van der Waals surface area contributed by atoms with Crippen LogP contribution < -0.4 is 4.74 Å². The number of likely N-dealkylation sites (tertiary alicyclic amines) is 1. The molecule has 0 aromatic heterocycles. The Morgan fingerprint density at radius 1 is 1.22 bits per heavy atom. The van der Waals surface area contributed by atoms with Gasteiger partial charge in [-0.3, -0.25) is 9.69 Å². The molecule has 1 aromatic rings. The average Bonchev–Trinajstić information content (AvgIpc) is 3.47. The van der Waals surface area contributed by atoms with Gasteiger partial charge in [0.2, 0.25) is 0 Å². The molecule has 27 heavy (non-hydrogen) atoms. The maximum Gasteiger partial charge on any atom is 0.134 e. The zero-order valence-corrected chi connectivity index (χ0v) is 16.8. The normalized spacial score (nSPS) is 38.3. The van der Waals surface area contributed by atoms with Gasteiger partial charge in [0.05, 0.1) is 12.7 Å². The molecule has 1 aliphatic heterocycles. The molecule has 0 amide bonds. The fraction of sp³-hybridized carbons (Fsp3) is 0.696. The second-order valence-corrected chi connectivity index (χ2v) is 9.33. The van der Waals surface area contributed by atoms with Crippen LogP contribution in [0.25, 0.3) is 0 Å². The fourth-order valence-electron chi connectivity index (χ4n) is 6.82. The molecule has 2 bridgehead atoms. The summed E-state index contributed by atoms with van der Waals surface area (Å²) in [6, 6.07) is 6.86. The van der Waals surface area contributed by atoms with Gasteiger partial charge in [0, 0.05) is 38.0 Å². The van der Waals surface area contributed by atoms with Crippen molar-refractivity contribution in [2.45, 2.75) is 62.5 Å². The van der Waals surface area contributed by atoms with Crippen molar-refractivity contribution in [1.82, 2.24) is 4.90 Å². The molecule has 5 rings (SSSR count). The largest absolute Gasteiger partial charge is 0.497 e. The zero-order chi connectivity index (χ0) is 18.8. The van der Waals surface area contributed by atoms with Gasteiger partial charge in [-0.1, -0.05) is 13.0 Å². The number of ether oxygens (including phenoxy) is 2. The van der Waals surface area contributed by atoms with Gasteiger partial charge in [0.25, 0.3) is 0 Å². The molecule has 0 N–H and O–H groups in total. The standard InChI is InChI=1S/C23H31NO3/c1-15-10-18(25)13-22-8-9-24(14-16-4-5-16)21(23(15,22)27-3)11-17-6-7-19(26-2)12-20(17)22/h6-7,12,15-16,21H,4-5,8-11,13-14H2,1-3H3/t15-,21+,22+,23?/m0/s1. The van der Waals surface area contributed by atoms with Gasteiger partial charge in [-0.2, -0.15) is 0 Å². The van der Waals surface area contributed by atoms with Gasteiger partial charge in [-0.05, 0) is 67.3 Å². The summed E-state index contributed by atoms with van der Waals surface area (Å²) in [4.78, 5) is 15.5. The molecule has 4 aliphatic rings. The topological polar surface area (TPSA) is 38.8 Å². The number of hydrogen-bond donors (Lipinski definition) is 0. The minimum absolute atomic E-state index is 0.219. The van der Waals surface area contributed by atoms with E-state index in [-0.39, 0.29) is 16.9 Å². The molecule has 1 saturated heterocycles. The van der Waals surface area contributed by atoms with Crippen molar-refractivity contribution in [3.63, 3.8) is 0 Å². The number of carbonyl (C=O) groups excluding carboxylic acids is 1. The molecule has 1 unspecified atom stereocenters. The number of fused-ring (bicyclic) bond motifs is 1. The lowest BCUT2D eigenvalue weighted by atomic mass is 9.46. The first-order chi connectivity index (χ1) is 13.0. The summed E-state index contributed by atoms with van der Waals surface area (Å²) in [5, 5.41) is 0. The van der Waals surface area contributed by atoms with Gasteiger partial charge < -0.3 is 9.47 Å². The van der Waals surface area contributed by atoms with E-state index in [0.29, 0.717) is 24.7 Å². The van der Waals surface area contributed by atoms with E-state index in [9.17, 15) is 4.79 Å². The quantitative estimate of drug-likeness (QED) is 0.816. The first kappa shape index (κ1) is 17.7. The number of nitrogens with zero attached hydrogens (tertiary/aromatic N) is 1. The molecule has 4 nitrogen and oxygen atoms in total. The number of piperidine rings is 1. The Balaban J connectivity index is 1.70. The Kier molecular flexibility index (Phi) is 3.97. The zero-order valence-electron chi connectivity index (χ0n) is 16.8. The Labute approximate surface area is 162 Å². The molecule has 1 aromatic carbocycles. The maximum absolute atomic E-state index is 12.8. The third kappa shape index (κ3) is 2.32. The van der Waals surface area contributed by atoms with Crippen LogP contribution in [-0.2, 0) is 21.4 Å². The van der Waals surface area contributed by atoms with E-state index in [1.165, 1.54) is 30.5 Å². The number of carbonyl (C=O) groups is 1. The van der Waals surface area contributed by atoms with Crippen LogP contribution in [-0.4, -0.2) is 49.6 Å². The SMILES string of the molecule is COc1ccc2c(c1)[C@]13CCN(CC4CC4)[C@H](C2)C1(OC)[C@@H](C)CC(=O)C3. The summed E-state index contributed by atoms with van der Waals surface area (Å²) >= 11 is 0. The molecule has 146 valence electrons. The number of ketones is 1. The first-order valence-corrected chi connectivity index (χ1v) is 10.5. The minimum Gasteiger partial charge on any atom is -0.497 e. The van der Waals surface area contributed by atoms with Gasteiger partial charge in [0.15, 0.2) is 0 Å². The van der Waals surface area contributed by atoms with Gasteiger partial charge >= 0.3 is 0 Å². The highest BCUT2D eigenvalue weighted by Crippen LogP contribution is 2.61. The van der Waals surface area contributed by atoms with E-state index >= 15 is 0 Å². The molecule has 4 atom stereocenters. The number of benzene rings is 1. The summed E-state index contributed by atoms with van der Waals surface area (Å²) in [5.41, 5.74) is 2.19. The monoisotopic (exact) mass is 369 g/mol. The summed E-state index contributed by atoms with van der Waals surface area (Å²) in [6.07, 6.45) is 6.01. The molecule has 2 saturated carbocycles. The summed E-state index contributed by atoms with van der Waals surface area (Å²) in [7, 11) is 3.61. The Bertz CT molecular complexity index is 773. The lowest BCUT2D eigenvalue weighted by molar-refractivity contribution is -0.210. The number of hydrogen-bond acceptors (Lipinski definition) is 4. The van der Waals surface area contributed by atoms with Crippen molar-refractivity contribution < 1.29 is 14.3 Å². The first-order valence-electron chi connectivity index (χ1n) is 10.5. The van der Waals surface area contributed by atoms with Crippen molar-refractivity contribution >= 4 is 5.78 Å². The highest BCUT2D eigenvalue weighted by molar-refractivity contribution is 5.83. The van der Waals surface area contributed by atoms with E-state index in [2.05, 4.69) is 30.0 Å². The van der Waals surface area contributed by atoms with Crippen LogP contribution in [0.4, 0.5) is 0 Å². The van der Waals surface area contributed by atoms with Crippen LogP contribution in [0.5, 0.6) is 5.75 Å². The van der Waals surface area contributed by atoms with Crippen LogP contribution in [0, 0.1) is 11.8 Å². The van der Waals surface area contributed by atoms with Gasteiger partial charge in [-0.15, -0.1) is 0 Å². The molecule has 0 spiro atoms. The second kappa shape index (κ2) is 6.05. The fourth-order valence-corrected chi connectivity index (χ4v) is 6.82. The number of Topliss-reactive ketones (excluding diaryl/α,β-unsaturated/α-hetero) is 1. The predicted octanol–water partition coefficient (Wildman–Crippen LogP) is 3.36. The summed E-state index contributed by atoms with van der Waals surface area (Å²) in [5.74, 6) is 2.37. The molecule has 3 fully saturated rings. The minimum atomic E-state index is -0.284. The Morgan fingerprint density at radius 3 is 2.74 bits per heavy atom. The smallest absolute Gasteiger partial charge is 0.134 e. The van der Waals surface area contributed by atoms with Crippen molar-refractivity contribution in [2.75, 3.05) is 27.3 Å². The summed E-state index contributed by atoms with van der Waals surface area (Å²) < 4.78 is 12.1. The van der Waals surface area contributed by atoms with Gasteiger partial charge in [0.1, 0.15) is 11.5 Å². The van der Waals surface area contributed by atoms with E-state index in [1.54, 1.807) is 7.11 Å². The second-order valence-electron chi connectivity index (χ2n) is 9.33. The van der Waals surface area contributed by atoms with Crippen LogP contribution in [0.1, 0.15) is 50.2 Å². The molecule has 4 heteroatoms. The third-order valence-corrected chi connectivity index (χ3v) is 8.05. The molecule has 1 heterocycles. The van der Waals surface area contributed by atoms with Crippen molar-refractivity contribution in [1.29, 1.82) is 0 Å². The lowest BCUT2D eigenvalue weighted by Gasteiger charge is -2.67. The number of methoxy groups -OCH3 is 2. The number of rotatable bonds is 4. The average molecular weight is 370 g/mol. The summed E-state index contributed by atoms with van der Waals surface area (Å²) in [6.45, 7) is 4.51.